The Morgan fingerprint density at radius 3 is 2.50 bits per heavy atom. The van der Waals surface area contributed by atoms with Crippen molar-refractivity contribution in [2.24, 2.45) is 0 Å². The number of rotatable bonds is 4. The van der Waals surface area contributed by atoms with Crippen molar-refractivity contribution >= 4 is 23.0 Å². The quantitative estimate of drug-likeness (QED) is 0.830. The highest BCUT2D eigenvalue weighted by Crippen LogP contribution is 2.18. The topological polar surface area (TPSA) is 33.3 Å². The molecule has 0 aliphatic carbocycles. The summed E-state index contributed by atoms with van der Waals surface area (Å²) in [5.41, 5.74) is 2.36. The van der Waals surface area contributed by atoms with Crippen molar-refractivity contribution in [1.29, 1.82) is 0 Å². The molecule has 2 rings (SSSR count). The molecule has 1 aliphatic heterocycles. The summed E-state index contributed by atoms with van der Waals surface area (Å²) in [4.78, 5) is 0. The highest BCUT2D eigenvalue weighted by atomic mass is 32.1. The molecule has 0 spiro atoms. The van der Waals surface area contributed by atoms with Crippen LogP contribution in [0, 0.1) is 0 Å². The van der Waals surface area contributed by atoms with Crippen LogP contribution in [-0.2, 0) is 4.74 Å². The van der Waals surface area contributed by atoms with Crippen LogP contribution in [-0.4, -0.2) is 23.9 Å². The molecule has 0 saturated carbocycles. The predicted octanol–water partition coefficient (Wildman–Crippen LogP) is 3.66. The minimum Gasteiger partial charge on any atom is -0.376 e. The van der Waals surface area contributed by atoms with Gasteiger partial charge in [-0.3, -0.25) is 0 Å². The van der Waals surface area contributed by atoms with Crippen LogP contribution in [0.4, 0.5) is 5.69 Å². The zero-order chi connectivity index (χ0) is 14.5. The molecule has 1 saturated heterocycles. The maximum atomic E-state index is 5.66. The molecule has 0 aromatic heterocycles. The van der Waals surface area contributed by atoms with Crippen LogP contribution < -0.4 is 10.6 Å². The fraction of sp³-hybridized carbons (Fsp3) is 0.562. The van der Waals surface area contributed by atoms with Gasteiger partial charge in [0, 0.05) is 12.3 Å². The van der Waals surface area contributed by atoms with Crippen LogP contribution in [0.1, 0.15) is 45.1 Å². The number of thiocarbonyl (C=S) groups is 1. The third-order valence-electron chi connectivity index (χ3n) is 3.72. The lowest BCUT2D eigenvalue weighted by molar-refractivity contribution is 0.0895. The van der Waals surface area contributed by atoms with E-state index in [1.54, 1.807) is 0 Å². The smallest absolute Gasteiger partial charge is 0.171 e. The Morgan fingerprint density at radius 1 is 1.25 bits per heavy atom. The second kappa shape index (κ2) is 7.04. The van der Waals surface area contributed by atoms with E-state index in [4.69, 9.17) is 17.0 Å². The van der Waals surface area contributed by atoms with Crippen LogP contribution in [0.3, 0.4) is 0 Å². The fourth-order valence-electron chi connectivity index (χ4n) is 2.42. The first kappa shape index (κ1) is 15.3. The highest BCUT2D eigenvalue weighted by molar-refractivity contribution is 7.80. The highest BCUT2D eigenvalue weighted by Gasteiger charge is 2.22. The zero-order valence-electron chi connectivity index (χ0n) is 12.5. The summed E-state index contributed by atoms with van der Waals surface area (Å²) in [5.74, 6) is 0.550. The van der Waals surface area contributed by atoms with Crippen molar-refractivity contribution in [2.45, 2.75) is 51.7 Å². The predicted molar refractivity (Wildman–Crippen MR) is 88.3 cm³/mol. The minimum atomic E-state index is 0.243. The third kappa shape index (κ3) is 4.18. The molecular weight excluding hydrogens is 268 g/mol. The van der Waals surface area contributed by atoms with E-state index in [2.05, 4.69) is 55.7 Å². The molecule has 110 valence electrons. The summed E-state index contributed by atoms with van der Waals surface area (Å²) in [7, 11) is 0. The first-order chi connectivity index (χ1) is 9.56. The van der Waals surface area contributed by atoms with E-state index in [0.29, 0.717) is 11.0 Å². The van der Waals surface area contributed by atoms with Gasteiger partial charge in [-0.05, 0) is 55.6 Å². The Balaban J connectivity index is 1.84. The van der Waals surface area contributed by atoms with Gasteiger partial charge in [-0.2, -0.15) is 0 Å². The van der Waals surface area contributed by atoms with Crippen molar-refractivity contribution in [2.75, 3.05) is 11.9 Å². The number of nitrogens with one attached hydrogen (secondary N) is 2. The molecule has 1 aromatic rings. The molecule has 1 aromatic carbocycles. The molecule has 2 unspecified atom stereocenters. The van der Waals surface area contributed by atoms with Crippen molar-refractivity contribution in [3.05, 3.63) is 29.8 Å². The molecule has 1 fully saturated rings. The zero-order valence-corrected chi connectivity index (χ0v) is 13.3. The lowest BCUT2D eigenvalue weighted by atomic mass is 10.0. The van der Waals surface area contributed by atoms with Gasteiger partial charge in [-0.25, -0.2) is 0 Å². The first-order valence-electron chi connectivity index (χ1n) is 7.35. The van der Waals surface area contributed by atoms with Crippen LogP contribution in [0.25, 0.3) is 0 Å². The van der Waals surface area contributed by atoms with Crippen molar-refractivity contribution < 1.29 is 4.74 Å². The summed E-state index contributed by atoms with van der Waals surface area (Å²) in [6.45, 7) is 7.37. The van der Waals surface area contributed by atoms with Gasteiger partial charge in [0.05, 0.1) is 12.1 Å². The number of hydrogen-bond donors (Lipinski definition) is 2. The Bertz CT molecular complexity index is 438. The molecule has 1 aliphatic rings. The van der Waals surface area contributed by atoms with E-state index >= 15 is 0 Å². The third-order valence-corrected chi connectivity index (χ3v) is 3.94. The molecule has 0 radical (unpaired) electrons. The Morgan fingerprint density at radius 2 is 1.95 bits per heavy atom. The molecule has 3 nitrogen and oxygen atoms in total. The van der Waals surface area contributed by atoms with Crippen LogP contribution >= 0.6 is 12.2 Å². The number of benzene rings is 1. The molecule has 1 heterocycles. The molecule has 20 heavy (non-hydrogen) atoms. The summed E-state index contributed by atoms with van der Waals surface area (Å²) in [5, 5.41) is 7.19. The van der Waals surface area contributed by atoms with Crippen molar-refractivity contribution in [3.63, 3.8) is 0 Å². The largest absolute Gasteiger partial charge is 0.376 e. The van der Waals surface area contributed by atoms with Gasteiger partial charge >= 0.3 is 0 Å². The van der Waals surface area contributed by atoms with Gasteiger partial charge in [0.2, 0.25) is 0 Å². The van der Waals surface area contributed by atoms with Crippen molar-refractivity contribution in [3.8, 4) is 0 Å². The molecular formula is C16H24N2OS. The summed E-state index contributed by atoms with van der Waals surface area (Å²) in [6.07, 6.45) is 2.53. The summed E-state index contributed by atoms with van der Waals surface area (Å²) < 4.78 is 5.66. The van der Waals surface area contributed by atoms with E-state index in [1.807, 2.05) is 0 Å². The monoisotopic (exact) mass is 292 g/mol. The van der Waals surface area contributed by atoms with Gasteiger partial charge in [0.15, 0.2) is 5.11 Å². The summed E-state index contributed by atoms with van der Waals surface area (Å²) in [6, 6.07) is 8.66. The lowest BCUT2D eigenvalue weighted by Crippen LogP contribution is -2.42. The van der Waals surface area contributed by atoms with Gasteiger partial charge in [-0.1, -0.05) is 26.0 Å². The number of hydrogen-bond acceptors (Lipinski definition) is 2. The standard InChI is InChI=1S/C16H24N2OS/c1-11(2)13-6-8-14(9-7-13)18-16(20)17-12(3)15-5-4-10-19-15/h6-9,11-12,15H,4-5,10H2,1-3H3,(H2,17,18,20). The molecule has 4 heteroatoms. The normalized spacial score (nSPS) is 19.9. The van der Waals surface area contributed by atoms with Gasteiger partial charge in [0.1, 0.15) is 0 Å². The number of ether oxygens (including phenoxy) is 1. The van der Waals surface area contributed by atoms with Crippen LogP contribution in [0.2, 0.25) is 0 Å². The van der Waals surface area contributed by atoms with Gasteiger partial charge < -0.3 is 15.4 Å². The number of anilines is 1. The molecule has 2 atom stereocenters. The lowest BCUT2D eigenvalue weighted by Gasteiger charge is -2.22. The van der Waals surface area contributed by atoms with Crippen molar-refractivity contribution in [1.82, 2.24) is 5.32 Å². The van der Waals surface area contributed by atoms with Gasteiger partial charge in [-0.15, -0.1) is 0 Å². The van der Waals surface area contributed by atoms with E-state index in [0.717, 1.165) is 25.1 Å². The second-order valence-corrected chi connectivity index (χ2v) is 6.12. The van der Waals surface area contributed by atoms with Gasteiger partial charge in [0.25, 0.3) is 0 Å². The van der Waals surface area contributed by atoms with E-state index < -0.39 is 0 Å². The second-order valence-electron chi connectivity index (χ2n) is 5.72. The Hall–Kier alpha value is -1.13. The van der Waals surface area contributed by atoms with E-state index in [9.17, 15) is 0 Å². The molecule has 0 amide bonds. The maximum Gasteiger partial charge on any atom is 0.171 e. The van der Waals surface area contributed by atoms with E-state index in [-0.39, 0.29) is 12.1 Å². The molecule has 2 N–H and O–H groups in total. The van der Waals surface area contributed by atoms with E-state index in [1.165, 1.54) is 5.56 Å². The minimum absolute atomic E-state index is 0.243. The SMILES string of the molecule is CC(C)c1ccc(NC(=S)NC(C)C2CCCO2)cc1. The van der Waals surface area contributed by atoms with Crippen LogP contribution in [0.15, 0.2) is 24.3 Å². The Labute approximate surface area is 127 Å². The maximum absolute atomic E-state index is 5.66. The summed E-state index contributed by atoms with van der Waals surface area (Å²) >= 11 is 5.35. The average molecular weight is 292 g/mol. The molecule has 0 bridgehead atoms. The average Bonchev–Trinajstić information content (AvgIpc) is 2.93. The fourth-order valence-corrected chi connectivity index (χ4v) is 2.72. The first-order valence-corrected chi connectivity index (χ1v) is 7.76. The Kier molecular flexibility index (Phi) is 5.38. The van der Waals surface area contributed by atoms with Crippen LogP contribution in [0.5, 0.6) is 0 Å².